The highest BCUT2D eigenvalue weighted by Gasteiger charge is 2.39. The number of hydrogen-bond donors (Lipinski definition) is 1. The van der Waals surface area contributed by atoms with Crippen LogP contribution in [0, 0.1) is 11.8 Å². The summed E-state index contributed by atoms with van der Waals surface area (Å²) in [6, 6.07) is 0.148. The molecule has 0 bridgehead atoms. The third-order valence-electron chi connectivity index (χ3n) is 6.28. The van der Waals surface area contributed by atoms with E-state index in [9.17, 15) is 14.4 Å². The lowest BCUT2D eigenvalue weighted by Gasteiger charge is -2.43. The fourth-order valence-electron chi connectivity index (χ4n) is 4.64. The topological polar surface area (TPSA) is 73.0 Å². The Kier molecular flexibility index (Phi) is 5.16. The molecule has 2 unspecified atom stereocenters. The molecule has 3 heterocycles. The van der Waals surface area contributed by atoms with Gasteiger partial charge in [0.1, 0.15) is 0 Å². The highest BCUT2D eigenvalue weighted by molar-refractivity contribution is 5.84. The molecular formula is C19H30N4O3. The van der Waals surface area contributed by atoms with Gasteiger partial charge in [0, 0.05) is 51.2 Å². The quantitative estimate of drug-likeness (QED) is 0.770. The Hall–Kier alpha value is -1.63. The number of carbonyl (C=O) groups excluding carboxylic acids is 3. The first-order valence-electron chi connectivity index (χ1n) is 10.2. The summed E-state index contributed by atoms with van der Waals surface area (Å²) in [6.07, 6.45) is 5.75. The Labute approximate surface area is 155 Å². The Morgan fingerprint density at radius 3 is 2.27 bits per heavy atom. The van der Waals surface area contributed by atoms with Crippen LogP contribution in [0.15, 0.2) is 0 Å². The van der Waals surface area contributed by atoms with Gasteiger partial charge in [-0.25, -0.2) is 0 Å². The molecule has 4 aliphatic rings. The van der Waals surface area contributed by atoms with Gasteiger partial charge >= 0.3 is 0 Å². The van der Waals surface area contributed by atoms with Crippen LogP contribution in [0.4, 0.5) is 0 Å². The van der Waals surface area contributed by atoms with Gasteiger partial charge in [-0.15, -0.1) is 0 Å². The van der Waals surface area contributed by atoms with Crippen LogP contribution in [-0.4, -0.2) is 84.3 Å². The van der Waals surface area contributed by atoms with Gasteiger partial charge in [-0.3, -0.25) is 14.4 Å². The number of rotatable bonds is 3. The fourth-order valence-corrected chi connectivity index (χ4v) is 4.64. The zero-order valence-corrected chi connectivity index (χ0v) is 15.5. The highest BCUT2D eigenvalue weighted by Crippen LogP contribution is 2.33. The maximum Gasteiger partial charge on any atom is 0.236 e. The lowest BCUT2D eigenvalue weighted by Crippen LogP contribution is -2.58. The van der Waals surface area contributed by atoms with Gasteiger partial charge in [0.25, 0.3) is 0 Å². The van der Waals surface area contributed by atoms with Crippen molar-refractivity contribution in [2.45, 2.75) is 44.6 Å². The average Bonchev–Trinajstić information content (AvgIpc) is 3.53. The Morgan fingerprint density at radius 2 is 1.54 bits per heavy atom. The molecule has 3 amide bonds. The van der Waals surface area contributed by atoms with Crippen molar-refractivity contribution in [2.24, 2.45) is 11.8 Å². The van der Waals surface area contributed by atoms with Gasteiger partial charge in [0.05, 0.1) is 12.5 Å². The molecule has 3 aliphatic heterocycles. The summed E-state index contributed by atoms with van der Waals surface area (Å²) < 4.78 is 0. The van der Waals surface area contributed by atoms with Crippen molar-refractivity contribution in [3.63, 3.8) is 0 Å². The van der Waals surface area contributed by atoms with Crippen molar-refractivity contribution in [3.05, 3.63) is 0 Å². The number of piperazine rings is 1. The zero-order chi connectivity index (χ0) is 18.1. The SMILES string of the molecule is O=C(C1CC1)N1CCCC(C(=O)N2CCCC(N3CCNCC3=O)C2)C1. The summed E-state index contributed by atoms with van der Waals surface area (Å²) in [5, 5.41) is 3.11. The number of amides is 3. The normalized spacial score (nSPS) is 30.5. The molecule has 7 heteroatoms. The van der Waals surface area contributed by atoms with Crippen molar-refractivity contribution >= 4 is 17.7 Å². The fraction of sp³-hybridized carbons (Fsp3) is 0.842. The van der Waals surface area contributed by atoms with E-state index < -0.39 is 0 Å². The van der Waals surface area contributed by atoms with E-state index in [4.69, 9.17) is 0 Å². The van der Waals surface area contributed by atoms with E-state index in [1.807, 2.05) is 14.7 Å². The number of likely N-dealkylation sites (tertiary alicyclic amines) is 2. The predicted molar refractivity (Wildman–Crippen MR) is 96.2 cm³/mol. The van der Waals surface area contributed by atoms with E-state index in [0.29, 0.717) is 19.6 Å². The summed E-state index contributed by atoms with van der Waals surface area (Å²) in [4.78, 5) is 43.5. The summed E-state index contributed by atoms with van der Waals surface area (Å²) in [5.41, 5.74) is 0. The van der Waals surface area contributed by atoms with Gasteiger partial charge in [-0.05, 0) is 38.5 Å². The van der Waals surface area contributed by atoms with Crippen LogP contribution in [0.1, 0.15) is 38.5 Å². The predicted octanol–water partition coefficient (Wildman–Crippen LogP) is 0.0578. The minimum atomic E-state index is -0.0658. The molecule has 4 fully saturated rings. The van der Waals surface area contributed by atoms with Crippen molar-refractivity contribution in [2.75, 3.05) is 45.8 Å². The van der Waals surface area contributed by atoms with Crippen molar-refractivity contribution in [1.29, 1.82) is 0 Å². The molecule has 144 valence electrons. The monoisotopic (exact) mass is 362 g/mol. The second kappa shape index (κ2) is 7.55. The van der Waals surface area contributed by atoms with E-state index >= 15 is 0 Å². The minimum Gasteiger partial charge on any atom is -0.342 e. The van der Waals surface area contributed by atoms with E-state index in [2.05, 4.69) is 5.32 Å². The number of piperidine rings is 2. The molecule has 0 aromatic carbocycles. The number of nitrogens with one attached hydrogen (secondary N) is 1. The number of nitrogens with zero attached hydrogens (tertiary/aromatic N) is 3. The molecule has 0 aromatic heterocycles. The van der Waals surface area contributed by atoms with E-state index in [-0.39, 0.29) is 35.6 Å². The molecule has 26 heavy (non-hydrogen) atoms. The average molecular weight is 362 g/mol. The first-order chi connectivity index (χ1) is 12.6. The number of hydrogen-bond acceptors (Lipinski definition) is 4. The maximum absolute atomic E-state index is 13.1. The third-order valence-corrected chi connectivity index (χ3v) is 6.28. The standard InChI is InChI=1S/C19H30N4O3/c24-17-11-20-7-10-23(17)16-4-2-9-22(13-16)19(26)15-3-1-8-21(12-15)18(25)14-5-6-14/h14-16,20H,1-13H2. The second-order valence-corrected chi connectivity index (χ2v) is 8.24. The molecule has 1 saturated carbocycles. The Bertz CT molecular complexity index is 577. The van der Waals surface area contributed by atoms with E-state index in [0.717, 1.165) is 64.7 Å². The van der Waals surface area contributed by atoms with Crippen LogP contribution in [-0.2, 0) is 14.4 Å². The van der Waals surface area contributed by atoms with Crippen molar-refractivity contribution < 1.29 is 14.4 Å². The van der Waals surface area contributed by atoms with Crippen molar-refractivity contribution in [3.8, 4) is 0 Å². The maximum atomic E-state index is 13.1. The molecule has 1 aliphatic carbocycles. The van der Waals surface area contributed by atoms with Crippen molar-refractivity contribution in [1.82, 2.24) is 20.0 Å². The lowest BCUT2D eigenvalue weighted by atomic mass is 9.94. The van der Waals surface area contributed by atoms with Gasteiger partial charge < -0.3 is 20.0 Å². The number of carbonyl (C=O) groups is 3. The smallest absolute Gasteiger partial charge is 0.236 e. The molecule has 4 rings (SSSR count). The molecule has 0 aromatic rings. The summed E-state index contributed by atoms with van der Waals surface area (Å²) in [5.74, 6) is 0.747. The summed E-state index contributed by atoms with van der Waals surface area (Å²) >= 11 is 0. The van der Waals surface area contributed by atoms with Crippen LogP contribution in [0.2, 0.25) is 0 Å². The molecular weight excluding hydrogens is 332 g/mol. The van der Waals surface area contributed by atoms with Crippen LogP contribution < -0.4 is 5.32 Å². The van der Waals surface area contributed by atoms with E-state index in [1.165, 1.54) is 0 Å². The molecule has 3 saturated heterocycles. The largest absolute Gasteiger partial charge is 0.342 e. The zero-order valence-electron chi connectivity index (χ0n) is 15.5. The second-order valence-electron chi connectivity index (χ2n) is 8.24. The minimum absolute atomic E-state index is 0.0658. The van der Waals surface area contributed by atoms with Gasteiger partial charge in [0.2, 0.25) is 17.7 Å². The first-order valence-corrected chi connectivity index (χ1v) is 10.2. The van der Waals surface area contributed by atoms with Crippen LogP contribution in [0.25, 0.3) is 0 Å². The molecule has 0 spiro atoms. The molecule has 2 atom stereocenters. The molecule has 1 N–H and O–H groups in total. The van der Waals surface area contributed by atoms with Gasteiger partial charge in [-0.1, -0.05) is 0 Å². The summed E-state index contributed by atoms with van der Waals surface area (Å²) in [7, 11) is 0. The molecule has 0 radical (unpaired) electrons. The van der Waals surface area contributed by atoms with Crippen LogP contribution in [0.3, 0.4) is 0 Å². The van der Waals surface area contributed by atoms with Gasteiger partial charge in [0.15, 0.2) is 0 Å². The molecule has 7 nitrogen and oxygen atoms in total. The Balaban J connectivity index is 1.36. The van der Waals surface area contributed by atoms with E-state index in [1.54, 1.807) is 0 Å². The summed E-state index contributed by atoms with van der Waals surface area (Å²) in [6.45, 7) is 4.79. The highest BCUT2D eigenvalue weighted by atomic mass is 16.2. The van der Waals surface area contributed by atoms with Gasteiger partial charge in [-0.2, -0.15) is 0 Å². The lowest BCUT2D eigenvalue weighted by molar-refractivity contribution is -0.145. The Morgan fingerprint density at radius 1 is 0.846 bits per heavy atom. The third kappa shape index (κ3) is 3.72. The van der Waals surface area contributed by atoms with Crippen LogP contribution >= 0.6 is 0 Å². The first kappa shape index (κ1) is 17.8. The van der Waals surface area contributed by atoms with Crippen LogP contribution in [0.5, 0.6) is 0 Å².